The molecule has 10 heteroatoms. The van der Waals surface area contributed by atoms with E-state index in [9.17, 15) is 19.5 Å². The highest BCUT2D eigenvalue weighted by Crippen LogP contribution is 2.39. The lowest BCUT2D eigenvalue weighted by Gasteiger charge is -2.31. The Labute approximate surface area is 228 Å². The number of amides is 1. The van der Waals surface area contributed by atoms with Gasteiger partial charge in [-0.2, -0.15) is 0 Å². The number of aromatic nitrogens is 2. The zero-order valence-corrected chi connectivity index (χ0v) is 24.5. The van der Waals surface area contributed by atoms with Gasteiger partial charge in [0.15, 0.2) is 5.60 Å². The van der Waals surface area contributed by atoms with Crippen LogP contribution in [0, 0.1) is 0 Å². The molecule has 5 rings (SSSR count). The van der Waals surface area contributed by atoms with Gasteiger partial charge in [0.2, 0.25) is 0 Å². The lowest BCUT2D eigenvalue weighted by Crippen LogP contribution is -2.44. The number of fused-ring (bicyclic) bond motifs is 5. The van der Waals surface area contributed by atoms with Gasteiger partial charge in [0, 0.05) is 16.6 Å². The minimum atomic E-state index is -2.04. The van der Waals surface area contributed by atoms with Gasteiger partial charge in [-0.15, -0.1) is 0 Å². The van der Waals surface area contributed by atoms with Gasteiger partial charge < -0.3 is 19.1 Å². The molecular weight excluding hydrogens is 514 g/mol. The van der Waals surface area contributed by atoms with E-state index in [2.05, 4.69) is 25.3 Å². The average molecular weight is 550 g/mol. The molecule has 2 N–H and O–H groups in total. The molecule has 2 aliphatic heterocycles. The summed E-state index contributed by atoms with van der Waals surface area (Å²) in [7, 11) is -2.04. The molecule has 1 aromatic carbocycles. The van der Waals surface area contributed by atoms with Gasteiger partial charge in [-0.3, -0.25) is 10.1 Å². The highest BCUT2D eigenvalue weighted by atomic mass is 28.3. The maximum Gasteiger partial charge on any atom is 0.412 e. The van der Waals surface area contributed by atoms with Gasteiger partial charge in [0.25, 0.3) is 5.56 Å². The van der Waals surface area contributed by atoms with Crippen LogP contribution in [0.4, 0.5) is 10.5 Å². The second-order valence-corrected chi connectivity index (χ2v) is 17.0. The number of cyclic esters (lactones) is 1. The molecule has 2 aliphatic rings. The molecule has 0 unspecified atom stereocenters. The van der Waals surface area contributed by atoms with Gasteiger partial charge >= 0.3 is 12.1 Å². The first-order chi connectivity index (χ1) is 18.2. The SMILES string of the molecule is CC[C@@]1(O)C(=O)OCc2c1cc1n(c2=O)Cc2c-1nc1ccc(NC(=O)OC(C)(C)C)cc1c2[Si](C)(C)CC. The van der Waals surface area contributed by atoms with Gasteiger partial charge in [0.1, 0.15) is 12.2 Å². The number of anilines is 1. The number of benzene rings is 1. The molecule has 0 saturated carbocycles. The Hall–Kier alpha value is -3.50. The third-order valence-electron chi connectivity index (χ3n) is 7.89. The number of nitrogens with zero attached hydrogens (tertiary/aromatic N) is 2. The van der Waals surface area contributed by atoms with Gasteiger partial charge in [-0.1, -0.05) is 33.0 Å². The number of hydrogen-bond acceptors (Lipinski definition) is 7. The summed E-state index contributed by atoms with van der Waals surface area (Å²) in [4.78, 5) is 43.7. The first kappa shape index (κ1) is 27.1. The Morgan fingerprint density at radius 2 is 1.92 bits per heavy atom. The first-order valence-electron chi connectivity index (χ1n) is 13.3. The normalized spacial score (nSPS) is 18.3. The van der Waals surface area contributed by atoms with Crippen molar-refractivity contribution in [3.63, 3.8) is 0 Å². The van der Waals surface area contributed by atoms with Crippen LogP contribution in [-0.4, -0.2) is 40.4 Å². The van der Waals surface area contributed by atoms with E-state index < -0.39 is 31.3 Å². The van der Waals surface area contributed by atoms with Crippen molar-refractivity contribution in [3.8, 4) is 11.4 Å². The van der Waals surface area contributed by atoms with E-state index in [0.29, 0.717) is 34.7 Å². The Morgan fingerprint density at radius 3 is 2.56 bits per heavy atom. The van der Waals surface area contributed by atoms with Crippen LogP contribution in [0.2, 0.25) is 19.1 Å². The summed E-state index contributed by atoms with van der Waals surface area (Å²) in [6, 6.07) is 8.29. The number of nitrogens with one attached hydrogen (secondary N) is 1. The fourth-order valence-electron chi connectivity index (χ4n) is 5.53. The van der Waals surface area contributed by atoms with Crippen LogP contribution in [0.15, 0.2) is 29.1 Å². The summed E-state index contributed by atoms with van der Waals surface area (Å²) in [6.45, 7) is 14.1. The van der Waals surface area contributed by atoms with Crippen molar-refractivity contribution in [2.75, 3.05) is 5.32 Å². The molecule has 39 heavy (non-hydrogen) atoms. The van der Waals surface area contributed by atoms with E-state index >= 15 is 0 Å². The van der Waals surface area contributed by atoms with Crippen LogP contribution < -0.4 is 16.1 Å². The van der Waals surface area contributed by atoms with Crippen LogP contribution in [-0.2, 0) is 33.0 Å². The molecule has 0 radical (unpaired) electrons. The third-order valence-corrected chi connectivity index (χ3v) is 11.6. The van der Waals surface area contributed by atoms with Gasteiger partial charge in [0.05, 0.1) is 37.1 Å². The number of ether oxygens (including phenoxy) is 2. The van der Waals surface area contributed by atoms with Gasteiger partial charge in [-0.05, 0) is 62.2 Å². The number of carbonyl (C=O) groups is 2. The van der Waals surface area contributed by atoms with Crippen molar-refractivity contribution in [3.05, 3.63) is 51.3 Å². The number of esters is 1. The Morgan fingerprint density at radius 1 is 1.21 bits per heavy atom. The van der Waals surface area contributed by atoms with E-state index in [1.54, 1.807) is 23.6 Å². The number of hydrogen-bond donors (Lipinski definition) is 2. The minimum Gasteiger partial charge on any atom is -0.458 e. The number of aliphatic hydroxyl groups is 1. The minimum absolute atomic E-state index is 0.0915. The summed E-state index contributed by atoms with van der Waals surface area (Å²) < 4.78 is 12.3. The number of pyridine rings is 2. The summed E-state index contributed by atoms with van der Waals surface area (Å²) in [5.41, 5.74) is 1.44. The van der Waals surface area contributed by atoms with Crippen molar-refractivity contribution in [2.45, 2.75) is 84.5 Å². The van der Waals surface area contributed by atoms with E-state index in [-0.39, 0.29) is 18.6 Å². The van der Waals surface area contributed by atoms with Crippen LogP contribution in [0.25, 0.3) is 22.3 Å². The third kappa shape index (κ3) is 4.35. The van der Waals surface area contributed by atoms with Crippen molar-refractivity contribution in [1.29, 1.82) is 0 Å². The van der Waals surface area contributed by atoms with E-state index in [1.165, 1.54) is 5.19 Å². The smallest absolute Gasteiger partial charge is 0.412 e. The Kier molecular flexibility index (Phi) is 6.26. The van der Waals surface area contributed by atoms with Crippen molar-refractivity contribution in [1.82, 2.24) is 9.55 Å². The molecule has 1 atom stereocenters. The van der Waals surface area contributed by atoms with E-state index in [1.807, 2.05) is 32.9 Å². The maximum atomic E-state index is 13.7. The van der Waals surface area contributed by atoms with Crippen LogP contribution >= 0.6 is 0 Å². The molecule has 3 aromatic rings. The predicted molar refractivity (Wildman–Crippen MR) is 152 cm³/mol. The van der Waals surface area contributed by atoms with Crippen LogP contribution in [0.5, 0.6) is 0 Å². The van der Waals surface area contributed by atoms with Crippen LogP contribution in [0.3, 0.4) is 0 Å². The molecule has 1 amide bonds. The second-order valence-electron chi connectivity index (χ2n) is 12.0. The highest BCUT2D eigenvalue weighted by Gasteiger charge is 2.46. The van der Waals surface area contributed by atoms with Gasteiger partial charge in [-0.25, -0.2) is 14.6 Å². The fraction of sp³-hybridized carbons (Fsp3) is 0.448. The molecule has 206 valence electrons. The average Bonchev–Trinajstić information content (AvgIpc) is 3.22. The summed E-state index contributed by atoms with van der Waals surface area (Å²) >= 11 is 0. The standard InChI is InChI=1S/C29H35N3O6Si/c1-8-29(36)20-13-22-23-18(14-32(22)25(33)19(20)15-37-26(29)34)24(39(6,7)9-2)17-12-16(10-11-21(17)31-23)30-27(35)38-28(3,4)5/h10-13,36H,8-9,14-15H2,1-7H3,(H,30,35)/t29-/m0/s1. The monoisotopic (exact) mass is 549 g/mol. The Bertz CT molecular complexity index is 1600. The topological polar surface area (TPSA) is 120 Å². The Balaban J connectivity index is 1.72. The number of carbonyl (C=O) groups excluding carboxylic acids is 2. The quantitative estimate of drug-likeness (QED) is 0.287. The molecule has 9 nitrogen and oxygen atoms in total. The molecular formula is C29H35N3O6Si. The molecule has 2 aromatic heterocycles. The van der Waals surface area contributed by atoms with Crippen molar-refractivity contribution < 1.29 is 24.2 Å². The van der Waals surface area contributed by atoms with Crippen LogP contribution in [0.1, 0.15) is 57.7 Å². The first-order valence-corrected chi connectivity index (χ1v) is 16.5. The molecule has 0 saturated heterocycles. The van der Waals surface area contributed by atoms with E-state index in [4.69, 9.17) is 14.5 Å². The fourth-order valence-corrected chi connectivity index (χ4v) is 7.83. The summed E-state index contributed by atoms with van der Waals surface area (Å²) in [5, 5.41) is 16.1. The summed E-state index contributed by atoms with van der Waals surface area (Å²) in [6.07, 6.45) is -0.442. The van der Waals surface area contributed by atoms with Crippen molar-refractivity contribution in [2.24, 2.45) is 0 Å². The van der Waals surface area contributed by atoms with E-state index in [0.717, 1.165) is 22.5 Å². The second kappa shape index (κ2) is 9.02. The lowest BCUT2D eigenvalue weighted by molar-refractivity contribution is -0.172. The predicted octanol–water partition coefficient (Wildman–Crippen LogP) is 4.36. The highest BCUT2D eigenvalue weighted by molar-refractivity contribution is 6.91. The lowest BCUT2D eigenvalue weighted by atomic mass is 9.86. The zero-order chi connectivity index (χ0) is 28.5. The molecule has 4 heterocycles. The maximum absolute atomic E-state index is 13.7. The molecule has 0 aliphatic carbocycles. The number of rotatable bonds is 4. The van der Waals surface area contributed by atoms with Crippen molar-refractivity contribution >= 4 is 41.9 Å². The largest absolute Gasteiger partial charge is 0.458 e. The summed E-state index contributed by atoms with van der Waals surface area (Å²) in [5.74, 6) is -0.739. The molecule has 0 fully saturated rings. The molecule has 0 spiro atoms. The zero-order valence-electron chi connectivity index (χ0n) is 23.5. The molecule has 0 bridgehead atoms.